The minimum Gasteiger partial charge on any atom is -0.361 e. The van der Waals surface area contributed by atoms with Gasteiger partial charge in [-0.05, 0) is 63.8 Å². The average Bonchev–Trinajstić information content (AvgIpc) is 2.26. The fourth-order valence-corrected chi connectivity index (χ4v) is 3.61. The molecular formula is C16H33N3S. The van der Waals surface area contributed by atoms with Crippen molar-refractivity contribution >= 4 is 17.3 Å². The second-order valence-corrected chi connectivity index (χ2v) is 8.31. The smallest absolute Gasteiger partial charge is 0.166 e. The molecule has 20 heavy (non-hydrogen) atoms. The maximum Gasteiger partial charge on any atom is 0.166 e. The number of rotatable bonds is 5. The molecule has 1 rings (SSSR count). The lowest BCUT2D eigenvalue weighted by Crippen LogP contribution is -2.51. The highest BCUT2D eigenvalue weighted by Gasteiger charge is 2.25. The first-order chi connectivity index (χ1) is 9.18. The second kappa shape index (κ2) is 7.60. The van der Waals surface area contributed by atoms with E-state index in [0.717, 1.165) is 24.6 Å². The van der Waals surface area contributed by atoms with Crippen LogP contribution in [0.2, 0.25) is 0 Å². The first-order valence-electron chi connectivity index (χ1n) is 7.96. The molecule has 1 aliphatic rings. The Morgan fingerprint density at radius 1 is 1.05 bits per heavy atom. The number of hydrogen-bond acceptors (Lipinski definition) is 2. The Balaban J connectivity index is 2.22. The van der Waals surface area contributed by atoms with Crippen molar-refractivity contribution in [2.24, 2.45) is 5.41 Å². The summed E-state index contributed by atoms with van der Waals surface area (Å²) in [6.07, 6.45) is 5.18. The fraction of sp³-hybridized carbons (Fsp3) is 0.938. The molecule has 4 heteroatoms. The minimum atomic E-state index is 0.0352. The van der Waals surface area contributed by atoms with Crippen molar-refractivity contribution in [1.29, 1.82) is 0 Å². The SMILES string of the molecule is CC(C)(C)CC(C)(C)NC(=S)NCCN1CCCCC1. The number of nitrogens with one attached hydrogen (secondary N) is 2. The predicted molar refractivity (Wildman–Crippen MR) is 92.2 cm³/mol. The van der Waals surface area contributed by atoms with Crippen LogP contribution in [0.15, 0.2) is 0 Å². The number of likely N-dealkylation sites (tertiary alicyclic amines) is 1. The standard InChI is InChI=1S/C16H33N3S/c1-15(2,3)13-16(4,5)18-14(20)17-9-12-19-10-7-6-8-11-19/h6-13H2,1-5H3,(H2,17,18,20). The van der Waals surface area contributed by atoms with Crippen molar-refractivity contribution in [2.45, 2.75) is 65.8 Å². The Kier molecular flexibility index (Phi) is 6.73. The molecule has 0 aliphatic carbocycles. The van der Waals surface area contributed by atoms with E-state index in [9.17, 15) is 0 Å². The van der Waals surface area contributed by atoms with E-state index in [1.807, 2.05) is 0 Å². The molecular weight excluding hydrogens is 266 g/mol. The van der Waals surface area contributed by atoms with Crippen LogP contribution in [0.4, 0.5) is 0 Å². The summed E-state index contributed by atoms with van der Waals surface area (Å²) in [6, 6.07) is 0. The van der Waals surface area contributed by atoms with Crippen molar-refractivity contribution in [3.8, 4) is 0 Å². The normalized spacial score (nSPS) is 17.9. The van der Waals surface area contributed by atoms with Crippen molar-refractivity contribution in [1.82, 2.24) is 15.5 Å². The van der Waals surface area contributed by atoms with Gasteiger partial charge in [0.15, 0.2) is 5.11 Å². The molecule has 3 nitrogen and oxygen atoms in total. The molecule has 0 aromatic rings. The van der Waals surface area contributed by atoms with E-state index in [4.69, 9.17) is 12.2 Å². The van der Waals surface area contributed by atoms with Gasteiger partial charge >= 0.3 is 0 Å². The van der Waals surface area contributed by atoms with Gasteiger partial charge in [0.1, 0.15) is 0 Å². The average molecular weight is 300 g/mol. The maximum atomic E-state index is 5.42. The van der Waals surface area contributed by atoms with Crippen LogP contribution in [0.3, 0.4) is 0 Å². The molecule has 0 unspecified atom stereocenters. The molecule has 0 aromatic carbocycles. The first-order valence-corrected chi connectivity index (χ1v) is 8.37. The van der Waals surface area contributed by atoms with Gasteiger partial charge in [0, 0.05) is 18.6 Å². The van der Waals surface area contributed by atoms with E-state index in [2.05, 4.69) is 50.2 Å². The Labute approximate surface area is 130 Å². The maximum absolute atomic E-state index is 5.42. The lowest BCUT2D eigenvalue weighted by atomic mass is 9.82. The van der Waals surface area contributed by atoms with Crippen molar-refractivity contribution < 1.29 is 0 Å². The van der Waals surface area contributed by atoms with Crippen molar-refractivity contribution in [3.63, 3.8) is 0 Å². The lowest BCUT2D eigenvalue weighted by Gasteiger charge is -2.34. The summed E-state index contributed by atoms with van der Waals surface area (Å²) in [6.45, 7) is 15.8. The van der Waals surface area contributed by atoms with E-state index < -0.39 is 0 Å². The summed E-state index contributed by atoms with van der Waals surface area (Å²) in [5, 5.41) is 7.59. The van der Waals surface area contributed by atoms with Gasteiger partial charge in [0.25, 0.3) is 0 Å². The summed E-state index contributed by atoms with van der Waals surface area (Å²) < 4.78 is 0. The first kappa shape index (κ1) is 17.7. The zero-order valence-corrected chi connectivity index (χ0v) is 14.8. The molecule has 2 N–H and O–H groups in total. The Morgan fingerprint density at radius 3 is 2.20 bits per heavy atom. The van der Waals surface area contributed by atoms with E-state index in [0.29, 0.717) is 5.41 Å². The number of nitrogens with zero attached hydrogens (tertiary/aromatic N) is 1. The van der Waals surface area contributed by atoms with E-state index in [1.165, 1.54) is 32.4 Å². The van der Waals surface area contributed by atoms with Crippen LogP contribution >= 0.6 is 12.2 Å². The third-order valence-electron chi connectivity index (χ3n) is 3.59. The number of piperidine rings is 1. The van der Waals surface area contributed by atoms with E-state index in [1.54, 1.807) is 0 Å². The Morgan fingerprint density at radius 2 is 1.65 bits per heavy atom. The van der Waals surface area contributed by atoms with E-state index in [-0.39, 0.29) is 5.54 Å². The largest absolute Gasteiger partial charge is 0.361 e. The van der Waals surface area contributed by atoms with Crippen LogP contribution in [-0.2, 0) is 0 Å². The highest BCUT2D eigenvalue weighted by atomic mass is 32.1. The molecule has 0 atom stereocenters. The molecule has 118 valence electrons. The highest BCUT2D eigenvalue weighted by molar-refractivity contribution is 7.80. The molecule has 1 saturated heterocycles. The molecule has 1 fully saturated rings. The molecule has 0 spiro atoms. The molecule has 0 bridgehead atoms. The van der Waals surface area contributed by atoms with Gasteiger partial charge in [-0.3, -0.25) is 0 Å². The molecule has 0 saturated carbocycles. The van der Waals surface area contributed by atoms with E-state index >= 15 is 0 Å². The van der Waals surface area contributed by atoms with Crippen LogP contribution in [0.25, 0.3) is 0 Å². The van der Waals surface area contributed by atoms with Gasteiger partial charge in [-0.15, -0.1) is 0 Å². The predicted octanol–water partition coefficient (Wildman–Crippen LogP) is 3.15. The molecule has 0 radical (unpaired) electrons. The fourth-order valence-electron chi connectivity index (χ4n) is 3.23. The van der Waals surface area contributed by atoms with Gasteiger partial charge in [-0.2, -0.15) is 0 Å². The van der Waals surface area contributed by atoms with Crippen LogP contribution in [0.5, 0.6) is 0 Å². The topological polar surface area (TPSA) is 27.3 Å². The van der Waals surface area contributed by atoms with Crippen LogP contribution in [0, 0.1) is 5.41 Å². The van der Waals surface area contributed by atoms with Crippen LogP contribution < -0.4 is 10.6 Å². The van der Waals surface area contributed by atoms with Crippen LogP contribution in [0.1, 0.15) is 60.3 Å². The minimum absolute atomic E-state index is 0.0352. The van der Waals surface area contributed by atoms with Crippen molar-refractivity contribution in [3.05, 3.63) is 0 Å². The summed E-state index contributed by atoms with van der Waals surface area (Å²) in [5.41, 5.74) is 0.341. The van der Waals surface area contributed by atoms with Gasteiger partial charge in [-0.1, -0.05) is 27.2 Å². The number of hydrogen-bond donors (Lipinski definition) is 2. The van der Waals surface area contributed by atoms with Crippen molar-refractivity contribution in [2.75, 3.05) is 26.2 Å². The molecule has 1 heterocycles. The van der Waals surface area contributed by atoms with Gasteiger partial charge in [-0.25, -0.2) is 0 Å². The zero-order valence-electron chi connectivity index (χ0n) is 14.0. The Bertz CT molecular complexity index is 301. The quantitative estimate of drug-likeness (QED) is 0.763. The van der Waals surface area contributed by atoms with Gasteiger partial charge in [0.05, 0.1) is 0 Å². The monoisotopic (exact) mass is 299 g/mol. The Hall–Kier alpha value is -0.350. The molecule has 1 aliphatic heterocycles. The van der Waals surface area contributed by atoms with Gasteiger partial charge in [0.2, 0.25) is 0 Å². The van der Waals surface area contributed by atoms with Crippen LogP contribution in [-0.4, -0.2) is 41.7 Å². The summed E-state index contributed by atoms with van der Waals surface area (Å²) in [5.74, 6) is 0. The number of thiocarbonyl (C=S) groups is 1. The second-order valence-electron chi connectivity index (χ2n) is 7.90. The summed E-state index contributed by atoms with van der Waals surface area (Å²) in [7, 11) is 0. The molecule has 0 aromatic heterocycles. The lowest BCUT2D eigenvalue weighted by molar-refractivity contribution is 0.231. The molecule has 0 amide bonds. The van der Waals surface area contributed by atoms with Gasteiger partial charge < -0.3 is 15.5 Å². The zero-order chi connectivity index (χ0) is 15.2. The highest BCUT2D eigenvalue weighted by Crippen LogP contribution is 2.26. The summed E-state index contributed by atoms with van der Waals surface area (Å²) in [4.78, 5) is 2.53. The third kappa shape index (κ3) is 8.05. The third-order valence-corrected chi connectivity index (χ3v) is 3.83. The summed E-state index contributed by atoms with van der Waals surface area (Å²) >= 11 is 5.42.